The van der Waals surface area contributed by atoms with Gasteiger partial charge in [0.2, 0.25) is 5.06 Å². The summed E-state index contributed by atoms with van der Waals surface area (Å²) in [5.41, 5.74) is 1.20. The third-order valence-corrected chi connectivity index (χ3v) is 4.86. The Morgan fingerprint density at radius 1 is 1.14 bits per heavy atom. The van der Waals surface area contributed by atoms with Crippen LogP contribution in [0.3, 0.4) is 0 Å². The standard InChI is InChI=1S/C18H12F3N5O2S/c1-10-17(29-9-23-10)28-16-15(21)5-11(6-22-16)26-18(27)25(8-24-26)7-12-13(19)3-2-4-14(12)20/h2-6,8-9H,7H2,1H3. The maximum absolute atomic E-state index is 14.4. The highest BCUT2D eigenvalue weighted by Gasteiger charge is 2.16. The highest BCUT2D eigenvalue weighted by atomic mass is 32.1. The quantitative estimate of drug-likeness (QED) is 0.495. The van der Waals surface area contributed by atoms with E-state index < -0.39 is 23.1 Å². The number of thiazole rings is 1. The normalized spacial score (nSPS) is 11.0. The molecular formula is C18H12F3N5O2S. The molecule has 0 fully saturated rings. The van der Waals surface area contributed by atoms with Crippen LogP contribution in [0.2, 0.25) is 0 Å². The van der Waals surface area contributed by atoms with Gasteiger partial charge in [0.25, 0.3) is 5.88 Å². The van der Waals surface area contributed by atoms with Crippen LogP contribution in [-0.4, -0.2) is 24.3 Å². The summed E-state index contributed by atoms with van der Waals surface area (Å²) in [5, 5.41) is 4.27. The van der Waals surface area contributed by atoms with E-state index in [1.165, 1.54) is 23.6 Å². The molecule has 0 aliphatic rings. The Bertz CT molecular complexity index is 1230. The van der Waals surface area contributed by atoms with Crippen molar-refractivity contribution in [2.45, 2.75) is 13.5 Å². The fourth-order valence-electron chi connectivity index (χ4n) is 2.56. The molecule has 0 saturated carbocycles. The monoisotopic (exact) mass is 419 g/mol. The molecule has 0 spiro atoms. The first-order valence-electron chi connectivity index (χ1n) is 8.25. The van der Waals surface area contributed by atoms with Crippen molar-refractivity contribution in [3.05, 3.63) is 81.5 Å². The topological polar surface area (TPSA) is 74.8 Å². The zero-order valence-corrected chi connectivity index (χ0v) is 15.7. The number of hydrogen-bond acceptors (Lipinski definition) is 6. The summed E-state index contributed by atoms with van der Waals surface area (Å²) in [5.74, 6) is -2.65. The zero-order valence-electron chi connectivity index (χ0n) is 14.8. The summed E-state index contributed by atoms with van der Waals surface area (Å²) >= 11 is 1.19. The molecule has 0 N–H and O–H groups in total. The summed E-state index contributed by atoms with van der Waals surface area (Å²) < 4.78 is 49.3. The predicted octanol–water partition coefficient (Wildman–Crippen LogP) is 3.45. The van der Waals surface area contributed by atoms with Crippen LogP contribution in [-0.2, 0) is 6.54 Å². The third kappa shape index (κ3) is 3.63. The second-order valence-electron chi connectivity index (χ2n) is 5.96. The van der Waals surface area contributed by atoms with Crippen LogP contribution in [0.1, 0.15) is 11.3 Å². The van der Waals surface area contributed by atoms with Crippen LogP contribution in [0.5, 0.6) is 10.9 Å². The number of rotatable bonds is 5. The molecule has 0 unspecified atom stereocenters. The molecule has 11 heteroatoms. The first-order chi connectivity index (χ1) is 13.9. The molecule has 148 valence electrons. The molecule has 0 saturated heterocycles. The number of benzene rings is 1. The number of pyridine rings is 1. The van der Waals surface area contributed by atoms with Gasteiger partial charge < -0.3 is 4.74 Å². The number of aromatic nitrogens is 5. The first kappa shape index (κ1) is 18.9. The van der Waals surface area contributed by atoms with Crippen LogP contribution in [0.25, 0.3) is 5.69 Å². The summed E-state index contributed by atoms with van der Waals surface area (Å²) in [6.45, 7) is 1.35. The summed E-state index contributed by atoms with van der Waals surface area (Å²) in [7, 11) is 0. The zero-order chi connectivity index (χ0) is 20.5. The van der Waals surface area contributed by atoms with E-state index in [4.69, 9.17) is 4.74 Å². The molecule has 0 aliphatic carbocycles. The van der Waals surface area contributed by atoms with Gasteiger partial charge in [0.15, 0.2) is 5.82 Å². The van der Waals surface area contributed by atoms with Gasteiger partial charge >= 0.3 is 5.69 Å². The Morgan fingerprint density at radius 3 is 2.55 bits per heavy atom. The predicted molar refractivity (Wildman–Crippen MR) is 98.0 cm³/mol. The number of nitrogens with zero attached hydrogens (tertiary/aromatic N) is 5. The first-order valence-corrected chi connectivity index (χ1v) is 9.13. The van der Waals surface area contributed by atoms with E-state index in [2.05, 4.69) is 15.1 Å². The second kappa shape index (κ2) is 7.51. The van der Waals surface area contributed by atoms with Gasteiger partial charge in [0.1, 0.15) is 18.0 Å². The Hall–Kier alpha value is -3.47. The van der Waals surface area contributed by atoms with Crippen LogP contribution >= 0.6 is 11.3 Å². The average molecular weight is 419 g/mol. The molecule has 0 radical (unpaired) electrons. The van der Waals surface area contributed by atoms with Gasteiger partial charge in [-0.15, -0.1) is 0 Å². The average Bonchev–Trinajstić information content (AvgIpc) is 3.26. The lowest BCUT2D eigenvalue weighted by Gasteiger charge is -2.06. The van der Waals surface area contributed by atoms with Crippen LogP contribution < -0.4 is 10.4 Å². The van der Waals surface area contributed by atoms with Crippen molar-refractivity contribution in [1.82, 2.24) is 24.3 Å². The van der Waals surface area contributed by atoms with Gasteiger partial charge in [0, 0.05) is 11.6 Å². The molecule has 0 bridgehead atoms. The molecule has 3 aromatic heterocycles. The maximum atomic E-state index is 14.4. The summed E-state index contributed by atoms with van der Waals surface area (Å²) in [4.78, 5) is 20.4. The highest BCUT2D eigenvalue weighted by molar-refractivity contribution is 7.11. The Labute approximate surface area is 165 Å². The third-order valence-electron chi connectivity index (χ3n) is 4.05. The van der Waals surface area contributed by atoms with Gasteiger partial charge in [-0.05, 0) is 19.1 Å². The van der Waals surface area contributed by atoms with Gasteiger partial charge in [-0.1, -0.05) is 17.4 Å². The number of halogens is 3. The van der Waals surface area contributed by atoms with Crippen LogP contribution in [0, 0.1) is 24.4 Å². The molecule has 1 aromatic carbocycles. The molecular weight excluding hydrogens is 407 g/mol. The van der Waals surface area contributed by atoms with E-state index in [0.29, 0.717) is 10.8 Å². The minimum Gasteiger partial charge on any atom is -0.423 e. The van der Waals surface area contributed by atoms with Crippen molar-refractivity contribution in [2.24, 2.45) is 0 Å². The molecule has 4 aromatic rings. The summed E-state index contributed by atoms with van der Waals surface area (Å²) in [6.07, 6.45) is 2.31. The van der Waals surface area contributed by atoms with E-state index in [0.717, 1.165) is 33.8 Å². The lowest BCUT2D eigenvalue weighted by Crippen LogP contribution is -2.25. The van der Waals surface area contributed by atoms with Crippen molar-refractivity contribution in [3.63, 3.8) is 0 Å². The number of hydrogen-bond donors (Lipinski definition) is 0. The highest BCUT2D eigenvalue weighted by Crippen LogP contribution is 2.29. The molecule has 4 rings (SSSR count). The maximum Gasteiger partial charge on any atom is 0.350 e. The van der Waals surface area contributed by atoms with E-state index in [-0.39, 0.29) is 23.7 Å². The smallest absolute Gasteiger partial charge is 0.350 e. The Balaban J connectivity index is 1.62. The fraction of sp³-hybridized carbons (Fsp3) is 0.111. The lowest BCUT2D eigenvalue weighted by atomic mass is 10.2. The molecule has 29 heavy (non-hydrogen) atoms. The second-order valence-corrected chi connectivity index (χ2v) is 6.78. The van der Waals surface area contributed by atoms with Crippen molar-refractivity contribution < 1.29 is 17.9 Å². The fourth-order valence-corrected chi connectivity index (χ4v) is 3.21. The van der Waals surface area contributed by atoms with E-state index in [1.807, 2.05) is 0 Å². The van der Waals surface area contributed by atoms with Crippen LogP contribution in [0.15, 0.2) is 47.1 Å². The molecule has 0 aliphatic heterocycles. The van der Waals surface area contributed by atoms with Crippen molar-refractivity contribution in [3.8, 4) is 16.6 Å². The largest absolute Gasteiger partial charge is 0.423 e. The van der Waals surface area contributed by atoms with Crippen molar-refractivity contribution in [2.75, 3.05) is 0 Å². The number of aryl methyl sites for hydroxylation is 1. The molecule has 0 atom stereocenters. The van der Waals surface area contributed by atoms with Gasteiger partial charge in [-0.3, -0.25) is 4.57 Å². The van der Waals surface area contributed by atoms with Crippen molar-refractivity contribution >= 4 is 11.3 Å². The minimum absolute atomic E-state index is 0.0358. The van der Waals surface area contributed by atoms with E-state index >= 15 is 0 Å². The Morgan fingerprint density at radius 2 is 1.90 bits per heavy atom. The molecule has 3 heterocycles. The van der Waals surface area contributed by atoms with E-state index in [1.54, 1.807) is 12.4 Å². The molecule has 0 amide bonds. The minimum atomic E-state index is -0.808. The SMILES string of the molecule is Cc1ncsc1Oc1ncc(-n2ncn(Cc3c(F)cccc3F)c2=O)cc1F. The lowest BCUT2D eigenvalue weighted by molar-refractivity contribution is 0.428. The van der Waals surface area contributed by atoms with Crippen LogP contribution in [0.4, 0.5) is 13.2 Å². The van der Waals surface area contributed by atoms with Gasteiger partial charge in [-0.25, -0.2) is 27.9 Å². The number of ether oxygens (including phenoxy) is 1. The van der Waals surface area contributed by atoms with Crippen molar-refractivity contribution in [1.29, 1.82) is 0 Å². The molecule has 7 nitrogen and oxygen atoms in total. The van der Waals surface area contributed by atoms with Gasteiger partial charge in [-0.2, -0.15) is 9.78 Å². The van der Waals surface area contributed by atoms with E-state index in [9.17, 15) is 18.0 Å². The van der Waals surface area contributed by atoms with Gasteiger partial charge in [0.05, 0.1) is 29.6 Å². The Kier molecular flexibility index (Phi) is 4.89. The summed E-state index contributed by atoms with van der Waals surface area (Å²) in [6, 6.07) is 4.45.